The Balaban J connectivity index is 1.22. The number of ether oxygens (including phenoxy) is 3. The Hall–Kier alpha value is -2.28. The second kappa shape index (κ2) is 9.89. The van der Waals surface area contributed by atoms with Gasteiger partial charge in [0.1, 0.15) is 12.4 Å². The Kier molecular flexibility index (Phi) is 6.64. The maximum Gasteiger partial charge on any atom is 0.205 e. The summed E-state index contributed by atoms with van der Waals surface area (Å²) in [6.45, 7) is 6.40. The van der Waals surface area contributed by atoms with Crippen molar-refractivity contribution in [1.29, 1.82) is 0 Å². The van der Waals surface area contributed by atoms with E-state index < -0.39 is 23.4 Å². The van der Waals surface area contributed by atoms with Gasteiger partial charge in [0.25, 0.3) is 0 Å². The fourth-order valence-electron chi connectivity index (χ4n) is 10.1. The summed E-state index contributed by atoms with van der Waals surface area (Å²) in [6.07, 6.45) is 13.0. The monoisotopic (exact) mass is 560 g/mol. The zero-order valence-corrected chi connectivity index (χ0v) is 24.7. The first kappa shape index (κ1) is 27.5. The maximum atomic E-state index is 14.5. The number of carbonyl (C=O) groups excluding carboxylic acids is 2. The first-order valence-electron chi connectivity index (χ1n) is 15.9. The van der Waals surface area contributed by atoms with E-state index in [0.29, 0.717) is 6.42 Å². The van der Waals surface area contributed by atoms with E-state index in [1.165, 1.54) is 17.5 Å². The van der Waals surface area contributed by atoms with Crippen LogP contribution >= 0.6 is 0 Å². The number of allylic oxidation sites excluding steroid dienone is 4. The lowest BCUT2D eigenvalue weighted by molar-refractivity contribution is -0.200. The van der Waals surface area contributed by atoms with Crippen molar-refractivity contribution >= 4 is 11.6 Å². The molecule has 0 spiro atoms. The van der Waals surface area contributed by atoms with Crippen LogP contribution in [0.3, 0.4) is 0 Å². The molecule has 4 fully saturated rings. The largest absolute Gasteiger partial charge is 0.485 e. The van der Waals surface area contributed by atoms with E-state index in [2.05, 4.69) is 26.8 Å². The van der Waals surface area contributed by atoms with Crippen LogP contribution in [0.1, 0.15) is 83.3 Å². The molecular weight excluding hydrogens is 516 g/mol. The van der Waals surface area contributed by atoms with Gasteiger partial charge in [0, 0.05) is 16.7 Å². The highest BCUT2D eigenvalue weighted by atomic mass is 16.7. The third-order valence-electron chi connectivity index (χ3n) is 11.9. The molecule has 0 amide bonds. The van der Waals surface area contributed by atoms with E-state index in [-0.39, 0.29) is 47.4 Å². The molecule has 6 aliphatic rings. The number of rotatable bonds is 6. The van der Waals surface area contributed by atoms with Gasteiger partial charge < -0.3 is 19.3 Å². The van der Waals surface area contributed by atoms with E-state index in [9.17, 15) is 14.7 Å². The number of hydrogen-bond acceptors (Lipinski definition) is 6. The van der Waals surface area contributed by atoms with E-state index in [1.807, 2.05) is 18.2 Å². The minimum absolute atomic E-state index is 0.00515. The molecule has 0 aromatic heterocycles. The molecule has 1 N–H and O–H groups in total. The Bertz CT molecular complexity index is 1310. The van der Waals surface area contributed by atoms with Gasteiger partial charge >= 0.3 is 0 Å². The number of aliphatic hydroxyl groups excluding tert-OH is 1. The molecule has 9 atom stereocenters. The number of Topliss-reactive ketones (excluding diaryl/α,β-unsaturated/α-hetero) is 1. The summed E-state index contributed by atoms with van der Waals surface area (Å²) in [5.41, 5.74) is 1.61. The molecule has 1 aliphatic heterocycles. The van der Waals surface area contributed by atoms with Gasteiger partial charge in [-0.3, -0.25) is 9.59 Å². The van der Waals surface area contributed by atoms with Crippen LogP contribution in [-0.4, -0.2) is 47.4 Å². The number of carbonyl (C=O) groups is 2. The van der Waals surface area contributed by atoms with Gasteiger partial charge in [-0.2, -0.15) is 0 Å². The van der Waals surface area contributed by atoms with Crippen molar-refractivity contribution in [2.24, 2.45) is 28.6 Å². The maximum absolute atomic E-state index is 14.5. The summed E-state index contributed by atoms with van der Waals surface area (Å²) >= 11 is 0. The van der Waals surface area contributed by atoms with Crippen LogP contribution in [0.2, 0.25) is 0 Å². The standard InChI is InChI=1S/C35H44O6/c1-4-8-31-40-30-18-26-25-14-13-22-17-23(36)15-16-33(22,2)32(25)27(37)19-34(26,3)35(30,41-31)29(38)20-39-28-12-7-10-21-9-5-6-11-24(21)28/h7,10,12,15-17,25-27,30-32,37H,4-6,8-9,11,13-14,18-20H2,1-3H3/t25?,26?,27-,30-,31?,32?,33?,34?,35+/m0/s1. The van der Waals surface area contributed by atoms with Crippen LogP contribution in [0, 0.1) is 28.6 Å². The zero-order valence-electron chi connectivity index (χ0n) is 24.7. The van der Waals surface area contributed by atoms with Crippen molar-refractivity contribution in [2.75, 3.05) is 6.61 Å². The molecular formula is C35H44O6. The van der Waals surface area contributed by atoms with E-state index in [1.54, 1.807) is 12.2 Å². The van der Waals surface area contributed by atoms with E-state index in [0.717, 1.165) is 62.7 Å². The van der Waals surface area contributed by atoms with Gasteiger partial charge in [0.15, 0.2) is 17.7 Å². The van der Waals surface area contributed by atoms with Gasteiger partial charge in [-0.1, -0.05) is 51.0 Å². The molecule has 3 saturated carbocycles. The van der Waals surface area contributed by atoms with Gasteiger partial charge in [-0.05, 0) is 99.0 Å². The van der Waals surface area contributed by atoms with Crippen molar-refractivity contribution in [1.82, 2.24) is 0 Å². The third kappa shape index (κ3) is 3.93. The number of benzene rings is 1. The molecule has 6 unspecified atom stereocenters. The van der Waals surface area contributed by atoms with Crippen molar-refractivity contribution in [3.63, 3.8) is 0 Å². The molecule has 7 rings (SSSR count). The first-order valence-corrected chi connectivity index (χ1v) is 15.9. The van der Waals surface area contributed by atoms with Gasteiger partial charge in [-0.15, -0.1) is 0 Å². The Labute approximate surface area is 243 Å². The molecule has 5 aliphatic carbocycles. The van der Waals surface area contributed by atoms with Gasteiger partial charge in [-0.25, -0.2) is 0 Å². The predicted molar refractivity (Wildman–Crippen MR) is 154 cm³/mol. The Morgan fingerprint density at radius 1 is 1.17 bits per heavy atom. The van der Waals surface area contributed by atoms with Crippen LogP contribution < -0.4 is 4.74 Å². The lowest BCUT2D eigenvalue weighted by atomic mass is 9.46. The van der Waals surface area contributed by atoms with Crippen molar-refractivity contribution in [3.8, 4) is 5.75 Å². The minimum Gasteiger partial charge on any atom is -0.485 e. The molecule has 1 aromatic rings. The topological polar surface area (TPSA) is 82.1 Å². The summed E-state index contributed by atoms with van der Waals surface area (Å²) in [4.78, 5) is 26.7. The molecule has 0 bridgehead atoms. The lowest BCUT2D eigenvalue weighted by Crippen LogP contribution is -2.63. The smallest absolute Gasteiger partial charge is 0.205 e. The van der Waals surface area contributed by atoms with Crippen LogP contribution in [0.4, 0.5) is 0 Å². The fourth-order valence-corrected chi connectivity index (χ4v) is 10.1. The second-order valence-electron chi connectivity index (χ2n) is 14.0. The van der Waals surface area contributed by atoms with Crippen LogP contribution in [0.5, 0.6) is 5.75 Å². The summed E-state index contributed by atoms with van der Waals surface area (Å²) in [6, 6.07) is 6.19. The lowest BCUT2D eigenvalue weighted by Gasteiger charge is -2.59. The molecule has 1 saturated heterocycles. The van der Waals surface area contributed by atoms with E-state index >= 15 is 0 Å². The number of aliphatic hydroxyl groups is 1. The number of hydrogen-bond donors (Lipinski definition) is 1. The second-order valence-corrected chi connectivity index (χ2v) is 14.0. The quantitative estimate of drug-likeness (QED) is 0.482. The van der Waals surface area contributed by atoms with Crippen molar-refractivity contribution in [2.45, 2.75) is 109 Å². The molecule has 6 heteroatoms. The summed E-state index contributed by atoms with van der Waals surface area (Å²) < 4.78 is 19.7. The molecule has 1 heterocycles. The van der Waals surface area contributed by atoms with Gasteiger partial charge in [0.2, 0.25) is 5.78 Å². The molecule has 1 aromatic carbocycles. The highest BCUT2D eigenvalue weighted by Gasteiger charge is 2.75. The van der Waals surface area contributed by atoms with Crippen LogP contribution in [-0.2, 0) is 31.9 Å². The summed E-state index contributed by atoms with van der Waals surface area (Å²) in [5.74, 6) is 1.16. The third-order valence-corrected chi connectivity index (χ3v) is 11.9. The number of aryl methyl sites for hydroxylation is 1. The van der Waals surface area contributed by atoms with E-state index in [4.69, 9.17) is 14.2 Å². The Morgan fingerprint density at radius 2 is 2.00 bits per heavy atom. The highest BCUT2D eigenvalue weighted by Crippen LogP contribution is 2.69. The summed E-state index contributed by atoms with van der Waals surface area (Å²) in [5, 5.41) is 11.9. The van der Waals surface area contributed by atoms with Crippen LogP contribution in [0.25, 0.3) is 0 Å². The average Bonchev–Trinajstić information content (AvgIpc) is 3.44. The number of ketones is 2. The van der Waals surface area contributed by atoms with Crippen LogP contribution in [0.15, 0.2) is 42.0 Å². The highest BCUT2D eigenvalue weighted by molar-refractivity contribution is 6.01. The average molecular weight is 561 g/mol. The molecule has 41 heavy (non-hydrogen) atoms. The molecule has 0 radical (unpaired) electrons. The minimum atomic E-state index is -1.15. The zero-order chi connectivity index (χ0) is 28.6. The first-order chi connectivity index (χ1) is 19.7. The van der Waals surface area contributed by atoms with Crippen molar-refractivity contribution in [3.05, 3.63) is 53.1 Å². The van der Waals surface area contributed by atoms with Gasteiger partial charge in [0.05, 0.1) is 12.2 Å². The molecule has 6 nitrogen and oxygen atoms in total. The SMILES string of the molecule is CCCC1O[C@H]2CC3C4CCC5=CC(=O)C=CC5(C)C4[C@@H](O)CC3(C)[C@]2(C(=O)COc2cccc3c2CCCC3)O1. The van der Waals surface area contributed by atoms with Crippen molar-refractivity contribution < 1.29 is 28.9 Å². The predicted octanol–water partition coefficient (Wildman–Crippen LogP) is 5.68. The summed E-state index contributed by atoms with van der Waals surface area (Å²) in [7, 11) is 0. The Morgan fingerprint density at radius 3 is 2.83 bits per heavy atom. The fraction of sp³-hybridized carbons (Fsp3) is 0.657. The number of fused-ring (bicyclic) bond motifs is 8. The normalized spacial score (nSPS) is 42.4. The molecule has 220 valence electrons.